The molecule has 0 radical (unpaired) electrons. The summed E-state index contributed by atoms with van der Waals surface area (Å²) >= 11 is 18.2. The maximum atomic E-state index is 13.7. The van der Waals surface area contributed by atoms with Crippen molar-refractivity contribution >= 4 is 46.6 Å². The zero-order valence-corrected chi connectivity index (χ0v) is 22.4. The highest BCUT2D eigenvalue weighted by Crippen LogP contribution is 2.60. The van der Waals surface area contributed by atoms with E-state index in [1.165, 1.54) is 12.1 Å². The highest BCUT2D eigenvalue weighted by Gasteiger charge is 2.71. The van der Waals surface area contributed by atoms with Gasteiger partial charge in [-0.2, -0.15) is 13.2 Å². The first-order chi connectivity index (χ1) is 17.9. The summed E-state index contributed by atoms with van der Waals surface area (Å²) in [7, 11) is 0. The Morgan fingerprint density at radius 3 is 2.39 bits per heavy atom. The van der Waals surface area contributed by atoms with Gasteiger partial charge in [-0.25, -0.2) is 0 Å². The molecule has 202 valence electrons. The second-order valence-corrected chi connectivity index (χ2v) is 12.3. The van der Waals surface area contributed by atoms with E-state index in [1.54, 1.807) is 18.2 Å². The molecule has 5 atom stereocenters. The Bertz CT molecular complexity index is 1330. The van der Waals surface area contributed by atoms with Crippen molar-refractivity contribution in [1.82, 2.24) is 15.5 Å². The summed E-state index contributed by atoms with van der Waals surface area (Å²) in [6.45, 7) is 2.71. The molecule has 11 heteroatoms. The summed E-state index contributed by atoms with van der Waals surface area (Å²) < 4.78 is 40.5. The Kier molecular flexibility index (Phi) is 6.22. The summed E-state index contributed by atoms with van der Waals surface area (Å²) in [5.41, 5.74) is -1.33. The van der Waals surface area contributed by atoms with Gasteiger partial charge in [0.15, 0.2) is 0 Å². The van der Waals surface area contributed by atoms with Gasteiger partial charge in [0, 0.05) is 35.5 Å². The topological polar surface area (TPSA) is 61.4 Å². The fourth-order valence-electron chi connectivity index (χ4n) is 6.61. The van der Waals surface area contributed by atoms with Crippen molar-refractivity contribution in [3.63, 3.8) is 0 Å². The minimum Gasteiger partial charge on any atom is -0.347 e. The van der Waals surface area contributed by atoms with E-state index in [-0.39, 0.29) is 23.4 Å². The molecule has 2 amide bonds. The first-order valence-electron chi connectivity index (χ1n) is 12.6. The van der Waals surface area contributed by atoms with Gasteiger partial charge in [0.1, 0.15) is 6.04 Å². The van der Waals surface area contributed by atoms with Crippen LogP contribution in [0.2, 0.25) is 15.1 Å². The molecule has 5 aliphatic rings. The van der Waals surface area contributed by atoms with Gasteiger partial charge in [-0.1, -0.05) is 46.9 Å². The summed E-state index contributed by atoms with van der Waals surface area (Å²) in [4.78, 5) is 29.6. The van der Waals surface area contributed by atoms with Crippen molar-refractivity contribution < 1.29 is 22.8 Å². The Morgan fingerprint density at radius 2 is 1.82 bits per heavy atom. The van der Waals surface area contributed by atoms with E-state index in [1.807, 2.05) is 0 Å². The molecule has 2 N–H and O–H groups in total. The number of hydrogen-bond acceptors (Lipinski definition) is 3. The normalized spacial score (nSPS) is 28.9. The molecular formula is C27H25Cl3F3N3O2. The molecule has 2 unspecified atom stereocenters. The molecule has 5 fully saturated rings. The van der Waals surface area contributed by atoms with E-state index in [0.717, 1.165) is 32.1 Å². The predicted molar refractivity (Wildman–Crippen MR) is 138 cm³/mol. The number of nitrogens with one attached hydrogen (secondary N) is 2. The maximum absolute atomic E-state index is 13.7. The van der Waals surface area contributed by atoms with Crippen LogP contribution in [0, 0.1) is 11.8 Å². The Balaban J connectivity index is 1.27. The quantitative estimate of drug-likeness (QED) is 0.466. The number of alkyl halides is 3. The number of nitrogens with zero attached hydrogens (tertiary/aromatic N) is 1. The average molecular weight is 587 g/mol. The van der Waals surface area contributed by atoms with Gasteiger partial charge in [-0.15, -0.1) is 0 Å². The van der Waals surface area contributed by atoms with Crippen LogP contribution in [0.3, 0.4) is 0 Å². The number of rotatable bonds is 7. The number of carbonyl (C=O) groups excluding carboxylic acids is 2. The summed E-state index contributed by atoms with van der Waals surface area (Å²) in [6.07, 6.45) is -2.67. The minimum absolute atomic E-state index is 0.114. The molecule has 3 aliphatic heterocycles. The van der Waals surface area contributed by atoms with Crippen LogP contribution in [-0.2, 0) is 27.6 Å². The number of halogens is 6. The predicted octanol–water partition coefficient (Wildman–Crippen LogP) is 5.25. The van der Waals surface area contributed by atoms with Gasteiger partial charge in [-0.3, -0.25) is 9.59 Å². The van der Waals surface area contributed by atoms with E-state index in [9.17, 15) is 22.8 Å². The molecular weight excluding hydrogens is 562 g/mol. The SMILES string of the molecule is O=C(N[C@@]12CN3CCC1[C@H]2C3)[C@H](Cc1ccc(Cl)c(C(F)(F)F)c1)NC(=O)C1(c2ccc(Cl)cc2Cl)CC1. The van der Waals surface area contributed by atoms with Crippen LogP contribution in [-0.4, -0.2) is 47.9 Å². The van der Waals surface area contributed by atoms with Crippen molar-refractivity contribution in [1.29, 1.82) is 0 Å². The smallest absolute Gasteiger partial charge is 0.347 e. The zero-order valence-electron chi connectivity index (χ0n) is 20.2. The summed E-state index contributed by atoms with van der Waals surface area (Å²) in [5.74, 6) is 0.0129. The minimum atomic E-state index is -4.64. The standard InChI is InChI=1S/C27H25Cl3F3N3O2/c28-15-2-3-17(21(30)11-15)25(6-7-25)24(38)34-22(10-14-1-4-20(29)18(9-14)27(31,32)33)23(37)35-26-13-36-8-5-16(26)19(26)12-36/h1-4,9,11,16,19,22H,5-8,10,12-13H2,(H,34,38)(H,35,37)/t16?,19-,22+,26+/m1/s1. The maximum Gasteiger partial charge on any atom is 0.417 e. The molecule has 4 bridgehead atoms. The van der Waals surface area contributed by atoms with Crippen molar-refractivity contribution in [2.75, 3.05) is 19.6 Å². The van der Waals surface area contributed by atoms with Gasteiger partial charge in [0.25, 0.3) is 0 Å². The zero-order chi connectivity index (χ0) is 27.0. The first kappa shape index (κ1) is 26.2. The number of piperidine rings is 3. The van der Waals surface area contributed by atoms with Gasteiger partial charge >= 0.3 is 6.18 Å². The van der Waals surface area contributed by atoms with Crippen LogP contribution in [0.15, 0.2) is 36.4 Å². The lowest BCUT2D eigenvalue weighted by Crippen LogP contribution is -2.56. The number of fused-ring (bicyclic) bond motifs is 1. The molecule has 2 aromatic rings. The van der Waals surface area contributed by atoms with E-state index < -0.39 is 34.1 Å². The van der Waals surface area contributed by atoms with E-state index in [0.29, 0.717) is 40.3 Å². The molecule has 3 heterocycles. The van der Waals surface area contributed by atoms with Crippen molar-refractivity contribution in [3.05, 3.63) is 68.2 Å². The third-order valence-electron chi connectivity index (χ3n) is 8.78. The fraction of sp³-hybridized carbons (Fsp3) is 0.481. The number of carbonyl (C=O) groups is 2. The largest absolute Gasteiger partial charge is 0.417 e. The fourth-order valence-corrected chi connectivity index (χ4v) is 7.43. The molecule has 2 aromatic carbocycles. The van der Waals surface area contributed by atoms with Crippen LogP contribution in [0.25, 0.3) is 0 Å². The molecule has 0 spiro atoms. The van der Waals surface area contributed by atoms with Crippen molar-refractivity contribution in [3.8, 4) is 0 Å². The molecule has 2 saturated carbocycles. The molecule has 7 rings (SSSR count). The van der Waals surface area contributed by atoms with Crippen LogP contribution in [0.5, 0.6) is 0 Å². The molecule has 3 saturated heterocycles. The van der Waals surface area contributed by atoms with Crippen LogP contribution < -0.4 is 10.6 Å². The molecule has 38 heavy (non-hydrogen) atoms. The highest BCUT2D eigenvalue weighted by molar-refractivity contribution is 6.35. The van der Waals surface area contributed by atoms with Crippen molar-refractivity contribution in [2.45, 2.75) is 48.9 Å². The van der Waals surface area contributed by atoms with Gasteiger partial charge in [0.05, 0.1) is 21.5 Å². The second kappa shape index (κ2) is 9.01. The van der Waals surface area contributed by atoms with Crippen LogP contribution in [0.4, 0.5) is 13.2 Å². The molecule has 2 aliphatic carbocycles. The summed E-state index contributed by atoms with van der Waals surface area (Å²) in [6, 6.07) is 7.43. The lowest BCUT2D eigenvalue weighted by atomic mass is 9.93. The third kappa shape index (κ3) is 4.37. The highest BCUT2D eigenvalue weighted by atomic mass is 35.5. The van der Waals surface area contributed by atoms with Gasteiger partial charge < -0.3 is 15.5 Å². The Hall–Kier alpha value is -2.00. The monoisotopic (exact) mass is 585 g/mol. The average Bonchev–Trinajstić information content (AvgIpc) is 3.74. The number of hydrogen-bond donors (Lipinski definition) is 2. The number of benzene rings is 2. The Labute approximate surface area is 233 Å². The lowest BCUT2D eigenvalue weighted by Gasteiger charge is -2.31. The van der Waals surface area contributed by atoms with E-state index in [2.05, 4.69) is 15.5 Å². The molecule has 5 nitrogen and oxygen atoms in total. The van der Waals surface area contributed by atoms with Crippen LogP contribution in [0.1, 0.15) is 36.0 Å². The number of amides is 2. The van der Waals surface area contributed by atoms with Gasteiger partial charge in [-0.05, 0) is 67.1 Å². The van der Waals surface area contributed by atoms with Gasteiger partial charge in [0.2, 0.25) is 11.8 Å². The Morgan fingerprint density at radius 1 is 1.05 bits per heavy atom. The third-order valence-corrected chi connectivity index (χ3v) is 9.66. The summed E-state index contributed by atoms with van der Waals surface area (Å²) in [5, 5.41) is 6.43. The van der Waals surface area contributed by atoms with E-state index >= 15 is 0 Å². The lowest BCUT2D eigenvalue weighted by molar-refractivity contribution is -0.137. The van der Waals surface area contributed by atoms with Crippen molar-refractivity contribution in [2.24, 2.45) is 11.8 Å². The first-order valence-corrected chi connectivity index (χ1v) is 13.7. The second-order valence-electron chi connectivity index (χ2n) is 11.0. The van der Waals surface area contributed by atoms with E-state index in [4.69, 9.17) is 34.8 Å². The molecule has 0 aromatic heterocycles. The van der Waals surface area contributed by atoms with Crippen LogP contribution >= 0.6 is 34.8 Å².